The van der Waals surface area contributed by atoms with E-state index in [0.29, 0.717) is 27.5 Å². The Balaban J connectivity index is 2.89. The fraction of sp³-hybridized carbons (Fsp3) is 0.211. The Labute approximate surface area is 203 Å². The average Bonchev–Trinajstić information content (AvgIpc) is 2.62. The van der Waals surface area contributed by atoms with Crippen LogP contribution in [0.3, 0.4) is 0 Å². The molecule has 1 atom stereocenters. The van der Waals surface area contributed by atoms with Crippen molar-refractivity contribution in [1.82, 2.24) is 0 Å². The molecule has 0 aliphatic rings. The number of aromatic carboxylic acids is 1. The van der Waals surface area contributed by atoms with Crippen LogP contribution >= 0.6 is 67.8 Å². The molecule has 0 aliphatic carbocycles. The summed E-state index contributed by atoms with van der Waals surface area (Å²) < 4.78 is 6.75. The van der Waals surface area contributed by atoms with Crippen LogP contribution in [0.5, 0.6) is 0 Å². The summed E-state index contributed by atoms with van der Waals surface area (Å²) in [5.41, 5.74) is 1.62. The number of amides is 1. The van der Waals surface area contributed by atoms with Gasteiger partial charge in [-0.25, -0.2) is 4.79 Å². The largest absolute Gasteiger partial charge is 0.478 e. The van der Waals surface area contributed by atoms with Crippen molar-refractivity contribution in [1.29, 1.82) is 0 Å². The van der Waals surface area contributed by atoms with Crippen LogP contribution in [0, 0.1) is 10.7 Å². The number of ether oxygens (including phenoxy) is 1. The number of esters is 1. The van der Waals surface area contributed by atoms with E-state index in [-0.39, 0.29) is 18.1 Å². The van der Waals surface area contributed by atoms with Crippen LogP contribution in [0.1, 0.15) is 41.3 Å². The molecule has 9 heteroatoms. The fourth-order valence-corrected chi connectivity index (χ4v) is 7.22. The van der Waals surface area contributed by atoms with Gasteiger partial charge in [-0.2, -0.15) is 0 Å². The second-order valence-electron chi connectivity index (χ2n) is 5.69. The highest BCUT2D eigenvalue weighted by Crippen LogP contribution is 2.41. The summed E-state index contributed by atoms with van der Waals surface area (Å²) in [6.07, 6.45) is 0. The van der Waals surface area contributed by atoms with Crippen molar-refractivity contribution in [2.45, 2.75) is 19.8 Å². The van der Waals surface area contributed by atoms with Crippen LogP contribution in [-0.4, -0.2) is 29.6 Å². The number of rotatable bonds is 6. The molecule has 2 aromatic carbocycles. The molecule has 0 heterocycles. The molecule has 0 saturated heterocycles. The molecule has 0 aromatic heterocycles. The predicted molar refractivity (Wildman–Crippen MR) is 131 cm³/mol. The van der Waals surface area contributed by atoms with Crippen molar-refractivity contribution in [3.05, 3.63) is 57.7 Å². The minimum absolute atomic E-state index is 0.0468. The van der Waals surface area contributed by atoms with E-state index in [1.165, 1.54) is 6.92 Å². The quantitative estimate of drug-likeness (QED) is 0.329. The van der Waals surface area contributed by atoms with E-state index in [0.717, 1.165) is 0 Å². The molecule has 1 amide bonds. The molecule has 148 valence electrons. The topological polar surface area (TPSA) is 92.7 Å². The Morgan fingerprint density at radius 3 is 2.18 bits per heavy atom. The summed E-state index contributed by atoms with van der Waals surface area (Å²) in [5.74, 6) is -2.75. The fourth-order valence-electron chi connectivity index (χ4n) is 2.70. The molecule has 0 fully saturated rings. The Morgan fingerprint density at radius 2 is 1.68 bits per heavy atom. The van der Waals surface area contributed by atoms with Crippen molar-refractivity contribution in [3.8, 4) is 0 Å². The van der Waals surface area contributed by atoms with Gasteiger partial charge in [0.15, 0.2) is 0 Å². The molecular weight excluding hydrogens is 703 g/mol. The molecule has 0 aliphatic heterocycles. The number of anilines is 1. The van der Waals surface area contributed by atoms with Gasteiger partial charge in [0, 0.05) is 19.6 Å². The number of carbonyl (C=O) groups is 3. The molecule has 1 unspecified atom stereocenters. The molecule has 0 spiro atoms. The van der Waals surface area contributed by atoms with Gasteiger partial charge >= 0.3 is 11.9 Å². The predicted octanol–water partition coefficient (Wildman–Crippen LogP) is 4.85. The van der Waals surface area contributed by atoms with E-state index >= 15 is 0 Å². The van der Waals surface area contributed by atoms with E-state index in [2.05, 4.69) is 5.32 Å². The minimum atomic E-state index is -1.13. The van der Waals surface area contributed by atoms with Crippen LogP contribution in [0.15, 0.2) is 30.3 Å². The number of nitrogens with one attached hydrogen (secondary N) is 1. The number of benzene rings is 2. The first-order valence-corrected chi connectivity index (χ1v) is 11.4. The highest BCUT2D eigenvalue weighted by Gasteiger charge is 2.34. The lowest BCUT2D eigenvalue weighted by Crippen LogP contribution is -2.23. The van der Waals surface area contributed by atoms with Gasteiger partial charge in [-0.15, -0.1) is 0 Å². The summed E-state index contributed by atoms with van der Waals surface area (Å²) >= 11 is 5.90. The normalized spacial score (nSPS) is 11.6. The molecule has 28 heavy (non-hydrogen) atoms. The van der Waals surface area contributed by atoms with Gasteiger partial charge in [-0.05, 0) is 80.3 Å². The van der Waals surface area contributed by atoms with Gasteiger partial charge < -0.3 is 15.2 Å². The van der Waals surface area contributed by atoms with Gasteiger partial charge in [-0.3, -0.25) is 9.59 Å². The van der Waals surface area contributed by atoms with Gasteiger partial charge in [0.25, 0.3) is 0 Å². The van der Waals surface area contributed by atoms with Gasteiger partial charge in [0.2, 0.25) is 5.91 Å². The van der Waals surface area contributed by atoms with Crippen molar-refractivity contribution in [2.75, 3.05) is 11.9 Å². The Bertz CT molecular complexity index is 931. The third-order valence-corrected chi connectivity index (χ3v) is 7.13. The maximum Gasteiger partial charge on any atom is 0.337 e. The van der Waals surface area contributed by atoms with E-state index in [1.807, 2.05) is 73.8 Å². The van der Waals surface area contributed by atoms with E-state index in [9.17, 15) is 19.5 Å². The minimum Gasteiger partial charge on any atom is -0.478 e. The zero-order valence-electron chi connectivity index (χ0n) is 14.9. The molecule has 2 rings (SSSR count). The van der Waals surface area contributed by atoms with Gasteiger partial charge in [0.05, 0.1) is 21.4 Å². The maximum atomic E-state index is 12.9. The second kappa shape index (κ2) is 10.2. The van der Waals surface area contributed by atoms with Crippen molar-refractivity contribution in [3.63, 3.8) is 0 Å². The first kappa shape index (κ1) is 23.3. The zero-order chi connectivity index (χ0) is 21.0. The Kier molecular flexibility index (Phi) is 8.48. The zero-order valence-corrected chi connectivity index (χ0v) is 21.4. The Hall–Kier alpha value is -0.960. The summed E-state index contributed by atoms with van der Waals surface area (Å²) in [6, 6.07) is 9.04. The highest BCUT2D eigenvalue weighted by atomic mass is 127. The monoisotopic (exact) mass is 719 g/mol. The molecule has 0 bridgehead atoms. The van der Waals surface area contributed by atoms with E-state index < -0.39 is 17.9 Å². The molecular formula is C19H16I3NO5. The van der Waals surface area contributed by atoms with Gasteiger partial charge in [-0.1, -0.05) is 30.3 Å². The second-order valence-corrected chi connectivity index (χ2v) is 8.92. The number of carboxylic acid groups (broad SMARTS) is 1. The third kappa shape index (κ3) is 4.96. The number of halogens is 3. The summed E-state index contributed by atoms with van der Waals surface area (Å²) in [5, 5.41) is 12.5. The average molecular weight is 719 g/mol. The standard InChI is InChI=1S/C19H16I3NO5/c1-3-28-19(27)11(10-7-5-4-6-8-10)12-14(20)13(18(25)26)16(22)17(15(12)21)23-9(2)24/h4-8,11H,3H2,1-2H3,(H,23,24)(H,25,26). The van der Waals surface area contributed by atoms with Gasteiger partial charge in [0.1, 0.15) is 5.92 Å². The Morgan fingerprint density at radius 1 is 1.07 bits per heavy atom. The lowest BCUT2D eigenvalue weighted by molar-refractivity contribution is -0.143. The van der Waals surface area contributed by atoms with Crippen molar-refractivity contribution in [2.24, 2.45) is 0 Å². The summed E-state index contributed by atoms with van der Waals surface area (Å²) in [4.78, 5) is 36.6. The number of carbonyl (C=O) groups excluding carboxylic acids is 2. The lowest BCUT2D eigenvalue weighted by Gasteiger charge is -2.23. The lowest BCUT2D eigenvalue weighted by atomic mass is 9.89. The molecule has 2 N–H and O–H groups in total. The molecule has 0 saturated carbocycles. The van der Waals surface area contributed by atoms with E-state index in [1.54, 1.807) is 31.2 Å². The number of hydrogen-bond donors (Lipinski definition) is 2. The first-order valence-electron chi connectivity index (χ1n) is 8.13. The van der Waals surface area contributed by atoms with Crippen LogP contribution < -0.4 is 5.32 Å². The van der Waals surface area contributed by atoms with E-state index in [4.69, 9.17) is 4.74 Å². The van der Waals surface area contributed by atoms with Crippen LogP contribution in [-0.2, 0) is 14.3 Å². The van der Waals surface area contributed by atoms with Crippen LogP contribution in [0.2, 0.25) is 0 Å². The highest BCUT2D eigenvalue weighted by molar-refractivity contribution is 14.1. The third-order valence-electron chi connectivity index (χ3n) is 3.81. The first-order chi connectivity index (χ1) is 13.2. The smallest absolute Gasteiger partial charge is 0.337 e. The molecule has 2 aromatic rings. The molecule has 0 radical (unpaired) electrons. The maximum absolute atomic E-state index is 12.9. The summed E-state index contributed by atoms with van der Waals surface area (Å²) in [6.45, 7) is 3.27. The molecule has 6 nitrogen and oxygen atoms in total. The van der Waals surface area contributed by atoms with Crippen molar-refractivity contribution >= 4 is 91.3 Å². The van der Waals surface area contributed by atoms with Crippen molar-refractivity contribution < 1.29 is 24.2 Å². The number of hydrogen-bond acceptors (Lipinski definition) is 4. The SMILES string of the molecule is CCOC(=O)C(c1ccccc1)c1c(I)c(NC(C)=O)c(I)c(C(=O)O)c1I. The van der Waals surface area contributed by atoms with Crippen LogP contribution in [0.25, 0.3) is 0 Å². The number of carboxylic acids is 1. The van der Waals surface area contributed by atoms with Crippen LogP contribution in [0.4, 0.5) is 5.69 Å². The summed E-state index contributed by atoms with van der Waals surface area (Å²) in [7, 11) is 0.